The predicted octanol–water partition coefficient (Wildman–Crippen LogP) is 3.29. The average Bonchev–Trinajstić information content (AvgIpc) is 2.56. The Morgan fingerprint density at radius 2 is 2.21 bits per heavy atom. The molecule has 3 unspecified atom stereocenters. The molecule has 4 heteroatoms. The second-order valence-electron chi connectivity index (χ2n) is 6.19. The van der Waals surface area contributed by atoms with Gasteiger partial charge < -0.3 is 5.73 Å². The Morgan fingerprint density at radius 3 is 2.84 bits per heavy atom. The Morgan fingerprint density at radius 1 is 1.47 bits per heavy atom. The van der Waals surface area contributed by atoms with E-state index in [9.17, 15) is 0 Å². The molecule has 1 aromatic rings. The average molecular weight is 281 g/mol. The van der Waals surface area contributed by atoms with Crippen molar-refractivity contribution in [2.24, 2.45) is 18.7 Å². The van der Waals surface area contributed by atoms with Gasteiger partial charge in [0.2, 0.25) is 0 Å². The number of nitrogens with zero attached hydrogens (tertiary/aromatic N) is 2. The highest BCUT2D eigenvalue weighted by molar-refractivity contribution is 7.99. The van der Waals surface area contributed by atoms with Gasteiger partial charge in [-0.3, -0.25) is 4.68 Å². The first-order valence-electron chi connectivity index (χ1n) is 7.42. The zero-order valence-corrected chi connectivity index (χ0v) is 13.5. The van der Waals surface area contributed by atoms with E-state index in [0.717, 1.165) is 23.3 Å². The number of hydrogen-bond donors (Lipinski definition) is 1. The van der Waals surface area contributed by atoms with Crippen LogP contribution in [0.2, 0.25) is 0 Å². The second-order valence-corrected chi connectivity index (χ2v) is 7.47. The summed E-state index contributed by atoms with van der Waals surface area (Å²) in [4.78, 5) is 0. The van der Waals surface area contributed by atoms with E-state index in [1.807, 2.05) is 11.8 Å². The van der Waals surface area contributed by atoms with Crippen molar-refractivity contribution in [3.63, 3.8) is 0 Å². The molecule has 1 fully saturated rings. The number of aromatic nitrogens is 2. The lowest BCUT2D eigenvalue weighted by Gasteiger charge is -2.26. The zero-order valence-electron chi connectivity index (χ0n) is 12.6. The molecule has 19 heavy (non-hydrogen) atoms. The number of thioether (sulfide) groups is 1. The highest BCUT2D eigenvalue weighted by atomic mass is 32.2. The lowest BCUT2D eigenvalue weighted by Crippen LogP contribution is -2.19. The molecule has 2 rings (SSSR count). The van der Waals surface area contributed by atoms with Crippen molar-refractivity contribution in [3.05, 3.63) is 11.3 Å². The van der Waals surface area contributed by atoms with E-state index in [4.69, 9.17) is 5.73 Å². The maximum atomic E-state index is 5.98. The molecule has 1 saturated carbocycles. The van der Waals surface area contributed by atoms with Crippen molar-refractivity contribution < 1.29 is 0 Å². The van der Waals surface area contributed by atoms with Crippen molar-refractivity contribution in [2.75, 3.05) is 0 Å². The standard InChI is InChI=1S/C15H27N3S/c1-10-6-5-7-13(8-10)19-15-14(9-11(2)16)12(3)17-18(15)4/h10-11,13H,5-9,16H2,1-4H3. The molecule has 0 bridgehead atoms. The van der Waals surface area contributed by atoms with E-state index in [1.54, 1.807) is 0 Å². The van der Waals surface area contributed by atoms with Crippen molar-refractivity contribution in [2.45, 2.75) is 69.2 Å². The van der Waals surface area contributed by atoms with E-state index < -0.39 is 0 Å². The Balaban J connectivity index is 2.14. The minimum absolute atomic E-state index is 0.201. The normalized spacial score (nSPS) is 25.5. The van der Waals surface area contributed by atoms with Crippen molar-refractivity contribution in [1.82, 2.24) is 9.78 Å². The summed E-state index contributed by atoms with van der Waals surface area (Å²) in [5, 5.41) is 6.69. The van der Waals surface area contributed by atoms with Crippen LogP contribution in [0.25, 0.3) is 0 Å². The summed E-state index contributed by atoms with van der Waals surface area (Å²) >= 11 is 2.03. The third-order valence-corrected chi connectivity index (χ3v) is 5.48. The van der Waals surface area contributed by atoms with Gasteiger partial charge in [0, 0.05) is 23.9 Å². The zero-order chi connectivity index (χ0) is 14.0. The van der Waals surface area contributed by atoms with Crippen LogP contribution in [0, 0.1) is 12.8 Å². The Labute approximate surface area is 121 Å². The van der Waals surface area contributed by atoms with Crippen LogP contribution in [-0.4, -0.2) is 21.1 Å². The van der Waals surface area contributed by atoms with E-state index in [2.05, 4.69) is 37.6 Å². The van der Waals surface area contributed by atoms with E-state index in [1.165, 1.54) is 36.3 Å². The molecule has 0 aliphatic heterocycles. The molecule has 0 radical (unpaired) electrons. The fourth-order valence-corrected chi connectivity index (χ4v) is 4.62. The van der Waals surface area contributed by atoms with Crippen molar-refractivity contribution >= 4 is 11.8 Å². The molecule has 0 aromatic carbocycles. The first kappa shape index (κ1) is 14.9. The van der Waals surface area contributed by atoms with Crippen LogP contribution in [0.4, 0.5) is 0 Å². The van der Waals surface area contributed by atoms with Crippen LogP contribution in [0.1, 0.15) is 50.8 Å². The van der Waals surface area contributed by atoms with Gasteiger partial charge in [-0.1, -0.05) is 19.8 Å². The highest BCUT2D eigenvalue weighted by Gasteiger charge is 2.23. The SMILES string of the molecule is Cc1nn(C)c(SC2CCCC(C)C2)c1CC(C)N. The first-order valence-corrected chi connectivity index (χ1v) is 8.30. The molecule has 108 valence electrons. The molecular weight excluding hydrogens is 254 g/mol. The summed E-state index contributed by atoms with van der Waals surface area (Å²) in [6.07, 6.45) is 6.39. The second kappa shape index (κ2) is 6.31. The van der Waals surface area contributed by atoms with Crippen LogP contribution in [0.3, 0.4) is 0 Å². The molecule has 0 amide bonds. The molecule has 1 aliphatic carbocycles. The Kier molecular flexibility index (Phi) is 4.96. The Hall–Kier alpha value is -0.480. The maximum Gasteiger partial charge on any atom is 0.0974 e. The maximum absolute atomic E-state index is 5.98. The smallest absolute Gasteiger partial charge is 0.0974 e. The van der Waals surface area contributed by atoms with Gasteiger partial charge in [0.25, 0.3) is 0 Å². The molecule has 0 saturated heterocycles. The van der Waals surface area contributed by atoms with Gasteiger partial charge in [-0.05, 0) is 39.0 Å². The van der Waals surface area contributed by atoms with Gasteiger partial charge in [-0.15, -0.1) is 11.8 Å². The number of nitrogens with two attached hydrogens (primary N) is 1. The van der Waals surface area contributed by atoms with Gasteiger partial charge in [-0.25, -0.2) is 0 Å². The summed E-state index contributed by atoms with van der Waals surface area (Å²) in [6.45, 7) is 6.55. The number of aryl methyl sites for hydroxylation is 2. The monoisotopic (exact) mass is 281 g/mol. The van der Waals surface area contributed by atoms with Crippen molar-refractivity contribution in [1.29, 1.82) is 0 Å². The summed E-state index contributed by atoms with van der Waals surface area (Å²) in [6, 6.07) is 0.201. The quantitative estimate of drug-likeness (QED) is 0.921. The minimum Gasteiger partial charge on any atom is -0.328 e. The molecular formula is C15H27N3S. The van der Waals surface area contributed by atoms with Crippen LogP contribution < -0.4 is 5.73 Å². The molecule has 1 heterocycles. The molecule has 0 spiro atoms. The minimum atomic E-state index is 0.201. The largest absolute Gasteiger partial charge is 0.328 e. The summed E-state index contributed by atoms with van der Waals surface area (Å²) < 4.78 is 2.05. The third-order valence-electron chi connectivity index (χ3n) is 3.98. The van der Waals surface area contributed by atoms with Gasteiger partial charge >= 0.3 is 0 Å². The topological polar surface area (TPSA) is 43.8 Å². The summed E-state index contributed by atoms with van der Waals surface area (Å²) in [5.74, 6) is 0.873. The molecule has 1 aliphatic rings. The van der Waals surface area contributed by atoms with Gasteiger partial charge in [-0.2, -0.15) is 5.10 Å². The van der Waals surface area contributed by atoms with Crippen LogP contribution in [0.15, 0.2) is 5.03 Å². The predicted molar refractivity (Wildman–Crippen MR) is 82.6 cm³/mol. The lowest BCUT2D eigenvalue weighted by atomic mass is 9.91. The van der Waals surface area contributed by atoms with Gasteiger partial charge in [0.05, 0.1) is 10.7 Å². The van der Waals surface area contributed by atoms with Crippen LogP contribution in [0.5, 0.6) is 0 Å². The molecule has 3 nitrogen and oxygen atoms in total. The fraction of sp³-hybridized carbons (Fsp3) is 0.800. The summed E-state index contributed by atoms with van der Waals surface area (Å²) in [7, 11) is 2.06. The molecule has 2 N–H and O–H groups in total. The summed E-state index contributed by atoms with van der Waals surface area (Å²) in [5.41, 5.74) is 8.49. The van der Waals surface area contributed by atoms with E-state index in [0.29, 0.717) is 0 Å². The van der Waals surface area contributed by atoms with Crippen molar-refractivity contribution in [3.8, 4) is 0 Å². The number of hydrogen-bond acceptors (Lipinski definition) is 3. The highest BCUT2D eigenvalue weighted by Crippen LogP contribution is 2.38. The fourth-order valence-electron chi connectivity index (χ4n) is 3.03. The van der Waals surface area contributed by atoms with Gasteiger partial charge in [0.1, 0.15) is 0 Å². The Bertz CT molecular complexity index is 425. The van der Waals surface area contributed by atoms with E-state index >= 15 is 0 Å². The third kappa shape index (κ3) is 3.76. The van der Waals surface area contributed by atoms with E-state index in [-0.39, 0.29) is 6.04 Å². The lowest BCUT2D eigenvalue weighted by molar-refractivity contribution is 0.393. The van der Waals surface area contributed by atoms with Gasteiger partial charge in [0.15, 0.2) is 0 Å². The number of rotatable bonds is 4. The molecule has 3 atom stereocenters. The van der Waals surface area contributed by atoms with Crippen LogP contribution >= 0.6 is 11.8 Å². The first-order chi connectivity index (χ1) is 8.97. The van der Waals surface area contributed by atoms with Crippen LogP contribution in [-0.2, 0) is 13.5 Å². The molecule has 1 aromatic heterocycles.